The Morgan fingerprint density at radius 3 is 2.27 bits per heavy atom. The molecule has 2 aliphatic rings. The average Bonchev–Trinajstić information content (AvgIpc) is 3.38. The second-order valence-electron chi connectivity index (χ2n) is 6.92. The van der Waals surface area contributed by atoms with Gasteiger partial charge < -0.3 is 10.2 Å². The summed E-state index contributed by atoms with van der Waals surface area (Å²) >= 11 is 0. The standard InChI is InChI=1S/C18H24N2O2/c1-12(2)11-20(16-9-10-16)18(22)14-5-7-15(8-6-14)19-17(21)13-3-4-13/h5-8,12-13,16H,3-4,9-11H2,1-2H3,(H,19,21). The van der Waals surface area contributed by atoms with Crippen LogP contribution >= 0.6 is 0 Å². The third-order valence-electron chi connectivity index (χ3n) is 4.16. The van der Waals surface area contributed by atoms with Gasteiger partial charge in [0.15, 0.2) is 0 Å². The molecule has 4 heteroatoms. The minimum Gasteiger partial charge on any atom is -0.335 e. The first-order chi connectivity index (χ1) is 10.5. The van der Waals surface area contributed by atoms with Gasteiger partial charge >= 0.3 is 0 Å². The van der Waals surface area contributed by atoms with Gasteiger partial charge in [-0.15, -0.1) is 0 Å². The van der Waals surface area contributed by atoms with Crippen LogP contribution in [0.5, 0.6) is 0 Å². The minimum absolute atomic E-state index is 0.0958. The van der Waals surface area contributed by atoms with E-state index in [1.54, 1.807) is 0 Å². The predicted molar refractivity (Wildman–Crippen MR) is 86.7 cm³/mol. The van der Waals surface area contributed by atoms with E-state index in [2.05, 4.69) is 19.2 Å². The summed E-state index contributed by atoms with van der Waals surface area (Å²) in [6, 6.07) is 7.72. The molecule has 1 aromatic carbocycles. The summed E-state index contributed by atoms with van der Waals surface area (Å²) < 4.78 is 0. The van der Waals surface area contributed by atoms with Crippen LogP contribution in [0.1, 0.15) is 49.9 Å². The quantitative estimate of drug-likeness (QED) is 0.876. The van der Waals surface area contributed by atoms with Gasteiger partial charge in [0.25, 0.3) is 5.91 Å². The number of hydrogen-bond acceptors (Lipinski definition) is 2. The van der Waals surface area contributed by atoms with Crippen LogP contribution < -0.4 is 5.32 Å². The van der Waals surface area contributed by atoms with Crippen molar-refractivity contribution in [3.63, 3.8) is 0 Å². The first-order valence-electron chi connectivity index (χ1n) is 8.26. The van der Waals surface area contributed by atoms with E-state index >= 15 is 0 Å². The summed E-state index contributed by atoms with van der Waals surface area (Å²) in [4.78, 5) is 26.4. The number of rotatable bonds is 6. The zero-order valence-electron chi connectivity index (χ0n) is 13.3. The lowest BCUT2D eigenvalue weighted by Crippen LogP contribution is -2.36. The molecule has 22 heavy (non-hydrogen) atoms. The topological polar surface area (TPSA) is 49.4 Å². The maximum absolute atomic E-state index is 12.7. The molecular weight excluding hydrogens is 276 g/mol. The largest absolute Gasteiger partial charge is 0.335 e. The summed E-state index contributed by atoms with van der Waals surface area (Å²) in [6.45, 7) is 5.09. The van der Waals surface area contributed by atoms with Crippen molar-refractivity contribution in [2.24, 2.45) is 11.8 Å². The van der Waals surface area contributed by atoms with E-state index < -0.39 is 0 Å². The molecule has 1 N–H and O–H groups in total. The van der Waals surface area contributed by atoms with Gasteiger partial charge in [0.1, 0.15) is 0 Å². The van der Waals surface area contributed by atoms with Gasteiger partial charge in [-0.05, 0) is 55.9 Å². The van der Waals surface area contributed by atoms with Gasteiger partial charge in [0.05, 0.1) is 0 Å². The molecule has 4 nitrogen and oxygen atoms in total. The number of nitrogens with zero attached hydrogens (tertiary/aromatic N) is 1. The zero-order valence-corrected chi connectivity index (χ0v) is 13.3. The summed E-state index contributed by atoms with van der Waals surface area (Å²) in [6.07, 6.45) is 4.23. The van der Waals surface area contributed by atoms with Crippen molar-refractivity contribution in [2.75, 3.05) is 11.9 Å². The van der Waals surface area contributed by atoms with Crippen LogP contribution in [0.15, 0.2) is 24.3 Å². The van der Waals surface area contributed by atoms with Gasteiger partial charge in [-0.1, -0.05) is 13.8 Å². The molecular formula is C18H24N2O2. The van der Waals surface area contributed by atoms with E-state index in [-0.39, 0.29) is 17.7 Å². The minimum atomic E-state index is 0.0958. The van der Waals surface area contributed by atoms with Gasteiger partial charge in [-0.3, -0.25) is 9.59 Å². The molecule has 0 bridgehead atoms. The fourth-order valence-electron chi connectivity index (χ4n) is 2.63. The Morgan fingerprint density at radius 2 is 1.77 bits per heavy atom. The fourth-order valence-corrected chi connectivity index (χ4v) is 2.63. The monoisotopic (exact) mass is 300 g/mol. The first kappa shape index (κ1) is 15.1. The SMILES string of the molecule is CC(C)CN(C(=O)c1ccc(NC(=O)C2CC2)cc1)C1CC1. The molecule has 0 atom stereocenters. The van der Waals surface area contributed by atoms with Crippen LogP contribution in [0.2, 0.25) is 0 Å². The Morgan fingerprint density at radius 1 is 1.14 bits per heavy atom. The summed E-state index contributed by atoms with van der Waals surface area (Å²) in [7, 11) is 0. The molecule has 2 aliphatic carbocycles. The Balaban J connectivity index is 1.65. The molecule has 0 aliphatic heterocycles. The highest BCUT2D eigenvalue weighted by atomic mass is 16.2. The van der Waals surface area contributed by atoms with Gasteiger partial charge in [0, 0.05) is 29.8 Å². The molecule has 3 rings (SSSR count). The van der Waals surface area contributed by atoms with Crippen molar-refractivity contribution in [1.29, 1.82) is 0 Å². The summed E-state index contributed by atoms with van der Waals surface area (Å²) in [5, 5.41) is 2.90. The Labute approximate surface area is 131 Å². The molecule has 0 heterocycles. The molecule has 118 valence electrons. The second-order valence-corrected chi connectivity index (χ2v) is 6.92. The lowest BCUT2D eigenvalue weighted by molar-refractivity contribution is -0.117. The van der Waals surface area contributed by atoms with E-state index in [4.69, 9.17) is 0 Å². The number of nitrogens with one attached hydrogen (secondary N) is 1. The van der Waals surface area contributed by atoms with Crippen molar-refractivity contribution in [2.45, 2.75) is 45.6 Å². The third-order valence-corrected chi connectivity index (χ3v) is 4.16. The van der Waals surface area contributed by atoms with Crippen LogP contribution in [0.25, 0.3) is 0 Å². The maximum Gasteiger partial charge on any atom is 0.254 e. The normalized spacial score (nSPS) is 17.4. The lowest BCUT2D eigenvalue weighted by Gasteiger charge is -2.24. The molecule has 2 amide bonds. The van der Waals surface area contributed by atoms with Gasteiger partial charge in [0.2, 0.25) is 5.91 Å². The number of carbonyl (C=O) groups is 2. The molecule has 0 radical (unpaired) electrons. The number of carbonyl (C=O) groups excluding carboxylic acids is 2. The van der Waals surface area contributed by atoms with Crippen LogP contribution in [-0.2, 0) is 4.79 Å². The Kier molecular flexibility index (Phi) is 4.19. The second kappa shape index (κ2) is 6.11. The highest BCUT2D eigenvalue weighted by molar-refractivity contribution is 5.97. The Bertz CT molecular complexity index is 557. The zero-order chi connectivity index (χ0) is 15.7. The van der Waals surface area contributed by atoms with Crippen molar-refractivity contribution < 1.29 is 9.59 Å². The highest BCUT2D eigenvalue weighted by Crippen LogP contribution is 2.31. The van der Waals surface area contributed by atoms with Crippen molar-refractivity contribution in [3.8, 4) is 0 Å². The molecule has 0 saturated heterocycles. The third kappa shape index (κ3) is 3.67. The highest BCUT2D eigenvalue weighted by Gasteiger charge is 2.33. The van der Waals surface area contributed by atoms with Crippen molar-refractivity contribution >= 4 is 17.5 Å². The average molecular weight is 300 g/mol. The Hall–Kier alpha value is -1.84. The number of hydrogen-bond donors (Lipinski definition) is 1. The molecule has 2 fully saturated rings. The van der Waals surface area contributed by atoms with E-state index in [9.17, 15) is 9.59 Å². The van der Waals surface area contributed by atoms with Crippen LogP contribution in [0.4, 0.5) is 5.69 Å². The lowest BCUT2D eigenvalue weighted by atomic mass is 10.1. The molecule has 1 aromatic rings. The van der Waals surface area contributed by atoms with Crippen LogP contribution in [-0.4, -0.2) is 29.3 Å². The van der Waals surface area contributed by atoms with Crippen LogP contribution in [0, 0.1) is 11.8 Å². The molecule has 0 aromatic heterocycles. The van der Waals surface area contributed by atoms with Crippen molar-refractivity contribution in [1.82, 2.24) is 4.90 Å². The maximum atomic E-state index is 12.7. The van der Waals surface area contributed by atoms with Crippen molar-refractivity contribution in [3.05, 3.63) is 29.8 Å². The fraction of sp³-hybridized carbons (Fsp3) is 0.556. The smallest absolute Gasteiger partial charge is 0.254 e. The number of anilines is 1. The van der Waals surface area contributed by atoms with E-state index in [1.165, 1.54) is 0 Å². The molecule has 2 saturated carbocycles. The summed E-state index contributed by atoms with van der Waals surface area (Å²) in [5.41, 5.74) is 1.48. The van der Waals surface area contributed by atoms with E-state index in [1.807, 2.05) is 29.2 Å². The number of amides is 2. The first-order valence-corrected chi connectivity index (χ1v) is 8.26. The molecule has 0 spiro atoms. The van der Waals surface area contributed by atoms with Gasteiger partial charge in [-0.2, -0.15) is 0 Å². The van der Waals surface area contributed by atoms with E-state index in [0.29, 0.717) is 17.5 Å². The summed E-state index contributed by atoms with van der Waals surface area (Å²) in [5.74, 6) is 0.870. The predicted octanol–water partition coefficient (Wildman–Crippen LogP) is 3.30. The molecule has 0 unspecified atom stereocenters. The van der Waals surface area contributed by atoms with Gasteiger partial charge in [-0.25, -0.2) is 0 Å². The van der Waals surface area contributed by atoms with E-state index in [0.717, 1.165) is 37.9 Å². The van der Waals surface area contributed by atoms with Crippen LogP contribution in [0.3, 0.4) is 0 Å². The number of benzene rings is 1.